The first-order chi connectivity index (χ1) is 6.19. The van der Waals surface area contributed by atoms with Crippen molar-refractivity contribution in [3.05, 3.63) is 0 Å². The molecule has 3 nitrogen and oxygen atoms in total. The van der Waals surface area contributed by atoms with Crippen LogP contribution in [0.4, 0.5) is 0 Å². The number of carbonyl (C=O) groups is 1. The van der Waals surface area contributed by atoms with Gasteiger partial charge in [0.05, 0.1) is 0 Å². The quantitative estimate of drug-likeness (QED) is 0.638. The molecule has 1 atom stereocenters. The minimum atomic E-state index is 0.298. The van der Waals surface area contributed by atoms with Crippen molar-refractivity contribution in [3.63, 3.8) is 0 Å². The van der Waals surface area contributed by atoms with Gasteiger partial charge < -0.3 is 4.90 Å². The molecule has 0 aromatic heterocycles. The Balaban J connectivity index is 2.49. The lowest BCUT2D eigenvalue weighted by molar-refractivity contribution is -0.133. The average molecular weight is 184 g/mol. The van der Waals surface area contributed by atoms with Crippen LogP contribution in [-0.4, -0.2) is 48.4 Å². The highest BCUT2D eigenvalue weighted by Crippen LogP contribution is 2.11. The van der Waals surface area contributed by atoms with Crippen molar-refractivity contribution in [2.24, 2.45) is 0 Å². The lowest BCUT2D eigenvalue weighted by Crippen LogP contribution is -2.52. The van der Waals surface area contributed by atoms with Crippen LogP contribution in [0.15, 0.2) is 0 Å². The molecule has 1 aliphatic heterocycles. The van der Waals surface area contributed by atoms with E-state index in [1.807, 2.05) is 11.8 Å². The number of likely N-dealkylation sites (N-methyl/N-ethyl adjacent to an activating group) is 1. The third kappa shape index (κ3) is 2.44. The molecule has 0 radical (unpaired) electrons. The van der Waals surface area contributed by atoms with Crippen molar-refractivity contribution in [3.8, 4) is 0 Å². The van der Waals surface area contributed by atoms with Gasteiger partial charge >= 0.3 is 0 Å². The van der Waals surface area contributed by atoms with Gasteiger partial charge in [-0.2, -0.15) is 0 Å². The molecule has 0 N–H and O–H groups in total. The van der Waals surface area contributed by atoms with Gasteiger partial charge in [0.2, 0.25) is 5.91 Å². The Morgan fingerprint density at radius 3 is 2.62 bits per heavy atom. The van der Waals surface area contributed by atoms with Crippen LogP contribution in [0, 0.1) is 0 Å². The van der Waals surface area contributed by atoms with Gasteiger partial charge in [-0.25, -0.2) is 0 Å². The molecule has 0 spiro atoms. The van der Waals surface area contributed by atoms with Crippen LogP contribution in [0.5, 0.6) is 0 Å². The fourth-order valence-electron chi connectivity index (χ4n) is 1.84. The summed E-state index contributed by atoms with van der Waals surface area (Å²) in [6.45, 7) is 6.95. The smallest absolute Gasteiger partial charge is 0.222 e. The SMILES string of the molecule is CCC(=O)N1CCN(C)C(CC)C1. The molecule has 1 saturated heterocycles. The molecule has 1 fully saturated rings. The zero-order valence-corrected chi connectivity index (χ0v) is 8.92. The third-order valence-corrected chi connectivity index (χ3v) is 2.90. The van der Waals surface area contributed by atoms with E-state index in [-0.39, 0.29) is 0 Å². The molecule has 3 heteroatoms. The zero-order valence-electron chi connectivity index (χ0n) is 8.92. The first-order valence-electron chi connectivity index (χ1n) is 5.17. The molecular weight excluding hydrogens is 164 g/mol. The van der Waals surface area contributed by atoms with Crippen LogP contribution in [0.2, 0.25) is 0 Å². The molecule has 0 bridgehead atoms. The van der Waals surface area contributed by atoms with E-state index in [1.54, 1.807) is 0 Å². The minimum absolute atomic E-state index is 0.298. The first kappa shape index (κ1) is 10.5. The topological polar surface area (TPSA) is 23.6 Å². The molecule has 1 unspecified atom stereocenters. The molecule has 0 saturated carbocycles. The Labute approximate surface area is 80.7 Å². The van der Waals surface area contributed by atoms with Crippen molar-refractivity contribution in [2.45, 2.75) is 32.7 Å². The predicted octanol–water partition coefficient (Wildman–Crippen LogP) is 0.949. The Hall–Kier alpha value is -0.570. The maximum atomic E-state index is 11.4. The van der Waals surface area contributed by atoms with Gasteiger partial charge in [0, 0.05) is 32.1 Å². The standard InChI is InChI=1S/C10H20N2O/c1-4-9-8-12(10(13)5-2)7-6-11(9)3/h9H,4-8H2,1-3H3. The summed E-state index contributed by atoms with van der Waals surface area (Å²) < 4.78 is 0. The number of nitrogens with zero attached hydrogens (tertiary/aromatic N) is 2. The molecule has 1 rings (SSSR count). The summed E-state index contributed by atoms with van der Waals surface area (Å²) >= 11 is 0. The van der Waals surface area contributed by atoms with Gasteiger partial charge in [0.25, 0.3) is 0 Å². The van der Waals surface area contributed by atoms with Gasteiger partial charge in [-0.15, -0.1) is 0 Å². The number of hydrogen-bond acceptors (Lipinski definition) is 2. The molecule has 1 amide bonds. The second kappa shape index (κ2) is 4.61. The normalized spacial score (nSPS) is 24.8. The molecule has 1 aliphatic rings. The summed E-state index contributed by atoms with van der Waals surface area (Å²) in [4.78, 5) is 15.8. The Morgan fingerprint density at radius 1 is 1.38 bits per heavy atom. The van der Waals surface area contributed by atoms with Gasteiger partial charge in [-0.3, -0.25) is 9.69 Å². The number of piperazine rings is 1. The van der Waals surface area contributed by atoms with Crippen LogP contribution in [0.25, 0.3) is 0 Å². The molecule has 0 aromatic carbocycles. The summed E-state index contributed by atoms with van der Waals surface area (Å²) in [5.41, 5.74) is 0. The van der Waals surface area contributed by atoms with Crippen LogP contribution >= 0.6 is 0 Å². The highest BCUT2D eigenvalue weighted by atomic mass is 16.2. The number of carbonyl (C=O) groups excluding carboxylic acids is 1. The van der Waals surface area contributed by atoms with Crippen molar-refractivity contribution in [1.29, 1.82) is 0 Å². The van der Waals surface area contributed by atoms with E-state index < -0.39 is 0 Å². The van der Waals surface area contributed by atoms with E-state index in [0.717, 1.165) is 26.1 Å². The average Bonchev–Trinajstić information content (AvgIpc) is 2.17. The first-order valence-corrected chi connectivity index (χ1v) is 5.17. The van der Waals surface area contributed by atoms with Crippen molar-refractivity contribution in [1.82, 2.24) is 9.80 Å². The minimum Gasteiger partial charge on any atom is -0.340 e. The van der Waals surface area contributed by atoms with E-state index >= 15 is 0 Å². The van der Waals surface area contributed by atoms with E-state index in [1.165, 1.54) is 0 Å². The summed E-state index contributed by atoms with van der Waals surface area (Å²) in [7, 11) is 2.14. The maximum absolute atomic E-state index is 11.4. The van der Waals surface area contributed by atoms with Crippen molar-refractivity contribution >= 4 is 5.91 Å². The van der Waals surface area contributed by atoms with Crippen LogP contribution in [0.1, 0.15) is 26.7 Å². The number of hydrogen-bond donors (Lipinski definition) is 0. The van der Waals surface area contributed by atoms with Crippen molar-refractivity contribution < 1.29 is 4.79 Å². The van der Waals surface area contributed by atoms with Crippen LogP contribution in [0.3, 0.4) is 0 Å². The van der Waals surface area contributed by atoms with Crippen LogP contribution in [-0.2, 0) is 4.79 Å². The van der Waals surface area contributed by atoms with Crippen molar-refractivity contribution in [2.75, 3.05) is 26.7 Å². The monoisotopic (exact) mass is 184 g/mol. The molecule has 0 aliphatic carbocycles. The van der Waals surface area contributed by atoms with E-state index in [9.17, 15) is 4.79 Å². The predicted molar refractivity (Wildman–Crippen MR) is 53.6 cm³/mol. The molecule has 0 aromatic rings. The lowest BCUT2D eigenvalue weighted by Gasteiger charge is -2.39. The van der Waals surface area contributed by atoms with E-state index in [0.29, 0.717) is 18.4 Å². The molecule has 76 valence electrons. The summed E-state index contributed by atoms with van der Waals surface area (Å²) in [6.07, 6.45) is 1.77. The Bertz CT molecular complexity index is 182. The second-order valence-corrected chi connectivity index (χ2v) is 3.74. The highest BCUT2D eigenvalue weighted by molar-refractivity contribution is 5.75. The fraction of sp³-hybridized carbons (Fsp3) is 0.900. The van der Waals surface area contributed by atoms with E-state index in [2.05, 4.69) is 18.9 Å². The van der Waals surface area contributed by atoms with Crippen LogP contribution < -0.4 is 0 Å². The lowest BCUT2D eigenvalue weighted by atomic mass is 10.1. The van der Waals surface area contributed by atoms with E-state index in [4.69, 9.17) is 0 Å². The Morgan fingerprint density at radius 2 is 2.08 bits per heavy atom. The molecule has 13 heavy (non-hydrogen) atoms. The second-order valence-electron chi connectivity index (χ2n) is 3.74. The largest absolute Gasteiger partial charge is 0.340 e. The van der Waals surface area contributed by atoms with Gasteiger partial charge in [0.1, 0.15) is 0 Å². The summed E-state index contributed by atoms with van der Waals surface area (Å²) in [5, 5.41) is 0. The highest BCUT2D eigenvalue weighted by Gasteiger charge is 2.24. The number of amides is 1. The third-order valence-electron chi connectivity index (χ3n) is 2.90. The molecule has 1 heterocycles. The Kier molecular flexibility index (Phi) is 3.72. The van der Waals surface area contributed by atoms with Gasteiger partial charge in [-0.05, 0) is 13.5 Å². The van der Waals surface area contributed by atoms with Gasteiger partial charge in [-0.1, -0.05) is 13.8 Å². The number of rotatable bonds is 2. The molecular formula is C10H20N2O. The fourth-order valence-corrected chi connectivity index (χ4v) is 1.84. The maximum Gasteiger partial charge on any atom is 0.222 e. The summed E-state index contributed by atoms with van der Waals surface area (Å²) in [6, 6.07) is 0.559. The zero-order chi connectivity index (χ0) is 9.84. The summed E-state index contributed by atoms with van der Waals surface area (Å²) in [5.74, 6) is 0.298. The van der Waals surface area contributed by atoms with Gasteiger partial charge in [0.15, 0.2) is 0 Å².